The number of sulfonamides is 1. The highest BCUT2D eigenvalue weighted by molar-refractivity contribution is 7.88. The molecule has 1 aromatic carbocycles. The van der Waals surface area contributed by atoms with Gasteiger partial charge in [0.25, 0.3) is 0 Å². The van der Waals surface area contributed by atoms with Crippen molar-refractivity contribution < 1.29 is 21.9 Å². The predicted octanol–water partition coefficient (Wildman–Crippen LogP) is 2.83. The van der Waals surface area contributed by atoms with Crippen LogP contribution in [0.5, 0.6) is 0 Å². The van der Waals surface area contributed by atoms with E-state index in [1.54, 1.807) is 0 Å². The predicted molar refractivity (Wildman–Crippen MR) is 81.1 cm³/mol. The summed E-state index contributed by atoms with van der Waals surface area (Å²) < 4.78 is 58.2. The van der Waals surface area contributed by atoms with Crippen LogP contribution in [0.3, 0.4) is 0 Å². The number of benzene rings is 1. The van der Waals surface area contributed by atoms with Crippen LogP contribution in [0.1, 0.15) is 17.2 Å². The van der Waals surface area contributed by atoms with Crippen molar-refractivity contribution in [2.45, 2.75) is 11.9 Å². The van der Waals surface area contributed by atoms with Crippen LogP contribution >= 0.6 is 11.3 Å². The van der Waals surface area contributed by atoms with Gasteiger partial charge in [-0.25, -0.2) is 21.9 Å². The molecule has 0 radical (unpaired) electrons. The van der Waals surface area contributed by atoms with Crippen LogP contribution in [0.4, 0.5) is 8.78 Å². The van der Waals surface area contributed by atoms with E-state index in [0.29, 0.717) is 0 Å². The molecule has 0 aliphatic heterocycles. The van der Waals surface area contributed by atoms with Crippen LogP contribution in [0.2, 0.25) is 0 Å². The summed E-state index contributed by atoms with van der Waals surface area (Å²) in [5, 5.41) is 3.71. The van der Waals surface area contributed by atoms with Gasteiger partial charge in [-0.2, -0.15) is 11.3 Å². The van der Waals surface area contributed by atoms with E-state index in [9.17, 15) is 17.2 Å². The molecule has 0 aliphatic rings. The number of nitrogens with one attached hydrogen (secondary N) is 1. The first-order chi connectivity index (χ1) is 10.4. The Labute approximate surface area is 131 Å². The number of hydrogen-bond donors (Lipinski definition) is 1. The SMILES string of the molecule is COC(CNS(=O)(=O)Cc1cc(F)ccc1F)c1ccsc1. The fourth-order valence-electron chi connectivity index (χ4n) is 1.91. The molecule has 0 bridgehead atoms. The van der Waals surface area contributed by atoms with Crippen molar-refractivity contribution in [1.29, 1.82) is 0 Å². The van der Waals surface area contributed by atoms with Gasteiger partial charge in [-0.3, -0.25) is 0 Å². The molecule has 0 spiro atoms. The fourth-order valence-corrected chi connectivity index (χ4v) is 3.75. The first kappa shape index (κ1) is 17.0. The Morgan fingerprint density at radius 3 is 2.73 bits per heavy atom. The molecule has 22 heavy (non-hydrogen) atoms. The van der Waals surface area contributed by atoms with Crippen molar-refractivity contribution in [2.75, 3.05) is 13.7 Å². The van der Waals surface area contributed by atoms with E-state index in [0.717, 1.165) is 23.8 Å². The number of halogens is 2. The normalized spacial score (nSPS) is 13.2. The van der Waals surface area contributed by atoms with E-state index >= 15 is 0 Å². The molecule has 0 amide bonds. The van der Waals surface area contributed by atoms with E-state index in [-0.39, 0.29) is 12.1 Å². The molecule has 2 rings (SSSR count). The number of rotatable bonds is 7. The number of thiophene rings is 1. The Balaban J connectivity index is 2.03. The van der Waals surface area contributed by atoms with Gasteiger partial charge in [0.1, 0.15) is 11.6 Å². The zero-order valence-corrected chi connectivity index (χ0v) is 13.4. The standard InChI is InChI=1S/C14H15F2NO3S2/c1-20-14(10-4-5-21-8-10)7-17-22(18,19)9-11-6-12(15)2-3-13(11)16/h2-6,8,14,17H,7,9H2,1H3. The Morgan fingerprint density at radius 1 is 1.32 bits per heavy atom. The summed E-state index contributed by atoms with van der Waals surface area (Å²) in [6, 6.07) is 4.56. The molecule has 2 aromatic rings. The maximum absolute atomic E-state index is 13.5. The lowest BCUT2D eigenvalue weighted by molar-refractivity contribution is 0.107. The second kappa shape index (κ2) is 7.28. The van der Waals surface area contributed by atoms with Crippen LogP contribution in [0.15, 0.2) is 35.0 Å². The summed E-state index contributed by atoms with van der Waals surface area (Å²) in [6.07, 6.45) is -0.432. The average Bonchev–Trinajstić information content (AvgIpc) is 2.97. The molecule has 0 aliphatic carbocycles. The van der Waals surface area contributed by atoms with Gasteiger partial charge < -0.3 is 4.74 Å². The summed E-state index contributed by atoms with van der Waals surface area (Å²) in [7, 11) is -2.33. The summed E-state index contributed by atoms with van der Waals surface area (Å²) in [4.78, 5) is 0. The molecule has 4 nitrogen and oxygen atoms in total. The highest BCUT2D eigenvalue weighted by atomic mass is 32.2. The third-order valence-corrected chi connectivity index (χ3v) is 5.04. The molecule has 1 unspecified atom stereocenters. The van der Waals surface area contributed by atoms with E-state index in [2.05, 4.69) is 4.72 Å². The van der Waals surface area contributed by atoms with Crippen molar-refractivity contribution in [3.63, 3.8) is 0 Å². The number of methoxy groups -OCH3 is 1. The average molecular weight is 347 g/mol. The largest absolute Gasteiger partial charge is 0.375 e. The van der Waals surface area contributed by atoms with Crippen molar-refractivity contribution in [2.24, 2.45) is 0 Å². The van der Waals surface area contributed by atoms with E-state index in [1.165, 1.54) is 18.4 Å². The third kappa shape index (κ3) is 4.57. The lowest BCUT2D eigenvalue weighted by atomic mass is 10.2. The van der Waals surface area contributed by atoms with Gasteiger partial charge in [-0.15, -0.1) is 0 Å². The van der Waals surface area contributed by atoms with Gasteiger partial charge in [-0.1, -0.05) is 0 Å². The summed E-state index contributed by atoms with van der Waals surface area (Å²) in [6.45, 7) is 0.0203. The second-order valence-corrected chi connectivity index (χ2v) is 7.21. The van der Waals surface area contributed by atoms with Crippen LogP contribution < -0.4 is 4.72 Å². The van der Waals surface area contributed by atoms with Crippen LogP contribution in [-0.4, -0.2) is 22.1 Å². The maximum Gasteiger partial charge on any atom is 0.215 e. The van der Waals surface area contributed by atoms with Gasteiger partial charge in [0.2, 0.25) is 10.0 Å². The molecule has 120 valence electrons. The quantitative estimate of drug-likeness (QED) is 0.838. The first-order valence-electron chi connectivity index (χ1n) is 6.37. The van der Waals surface area contributed by atoms with Crippen LogP contribution in [-0.2, 0) is 20.5 Å². The van der Waals surface area contributed by atoms with Gasteiger partial charge in [0.05, 0.1) is 11.9 Å². The Hall–Kier alpha value is -1.35. The number of hydrogen-bond acceptors (Lipinski definition) is 4. The first-order valence-corrected chi connectivity index (χ1v) is 8.97. The highest BCUT2D eigenvalue weighted by Crippen LogP contribution is 2.19. The maximum atomic E-state index is 13.5. The van der Waals surface area contributed by atoms with Crippen molar-refractivity contribution in [3.05, 3.63) is 57.8 Å². The van der Waals surface area contributed by atoms with Crippen molar-refractivity contribution >= 4 is 21.4 Å². The third-order valence-electron chi connectivity index (χ3n) is 3.04. The van der Waals surface area contributed by atoms with E-state index in [4.69, 9.17) is 4.74 Å². The van der Waals surface area contributed by atoms with E-state index in [1.807, 2.05) is 16.8 Å². The molecular formula is C14H15F2NO3S2. The number of ether oxygens (including phenoxy) is 1. The molecule has 1 heterocycles. The highest BCUT2D eigenvalue weighted by Gasteiger charge is 2.18. The van der Waals surface area contributed by atoms with Crippen molar-refractivity contribution in [3.8, 4) is 0 Å². The Kier molecular flexibility index (Phi) is 5.63. The van der Waals surface area contributed by atoms with Gasteiger partial charge >= 0.3 is 0 Å². The minimum absolute atomic E-state index is 0.0203. The summed E-state index contributed by atoms with van der Waals surface area (Å²) in [5.41, 5.74) is 0.643. The molecule has 1 aromatic heterocycles. The zero-order chi connectivity index (χ0) is 16.2. The molecular weight excluding hydrogens is 332 g/mol. The fraction of sp³-hybridized carbons (Fsp3) is 0.286. The van der Waals surface area contributed by atoms with E-state index < -0.39 is 33.5 Å². The molecule has 0 saturated carbocycles. The summed E-state index contributed by atoms with van der Waals surface area (Å²) >= 11 is 1.47. The Bertz CT molecular complexity index is 718. The molecule has 0 saturated heterocycles. The monoisotopic (exact) mass is 347 g/mol. The topological polar surface area (TPSA) is 55.4 Å². The smallest absolute Gasteiger partial charge is 0.215 e. The molecule has 0 fully saturated rings. The van der Waals surface area contributed by atoms with Crippen LogP contribution in [0, 0.1) is 11.6 Å². The summed E-state index contributed by atoms with van der Waals surface area (Å²) in [5.74, 6) is -2.07. The van der Waals surface area contributed by atoms with Crippen LogP contribution in [0.25, 0.3) is 0 Å². The lowest BCUT2D eigenvalue weighted by Gasteiger charge is -2.15. The van der Waals surface area contributed by atoms with Gasteiger partial charge in [0, 0.05) is 19.2 Å². The molecule has 1 N–H and O–H groups in total. The Morgan fingerprint density at radius 2 is 2.09 bits per heavy atom. The lowest BCUT2D eigenvalue weighted by Crippen LogP contribution is -2.30. The minimum Gasteiger partial charge on any atom is -0.375 e. The second-order valence-electron chi connectivity index (χ2n) is 4.62. The molecule has 1 atom stereocenters. The zero-order valence-electron chi connectivity index (χ0n) is 11.8. The van der Waals surface area contributed by atoms with Gasteiger partial charge in [-0.05, 0) is 40.6 Å². The molecule has 8 heteroatoms. The van der Waals surface area contributed by atoms with Gasteiger partial charge in [0.15, 0.2) is 0 Å². The minimum atomic E-state index is -3.80. The van der Waals surface area contributed by atoms with Crippen molar-refractivity contribution in [1.82, 2.24) is 4.72 Å².